The van der Waals surface area contributed by atoms with E-state index in [1.54, 1.807) is 0 Å². The zero-order valence-corrected chi connectivity index (χ0v) is 16.6. The van der Waals surface area contributed by atoms with Gasteiger partial charge >= 0.3 is 11.8 Å². The molecule has 8 heteroatoms. The van der Waals surface area contributed by atoms with E-state index in [9.17, 15) is 18.0 Å². The maximum Gasteiger partial charge on any atom is 0.417 e. The molecular weight excluding hydrogens is 395 g/mol. The predicted molar refractivity (Wildman–Crippen MR) is 109 cm³/mol. The van der Waals surface area contributed by atoms with Crippen LogP contribution >= 0.6 is 0 Å². The molecule has 2 aromatic heterocycles. The van der Waals surface area contributed by atoms with Crippen LogP contribution in [0, 0.1) is 6.92 Å². The van der Waals surface area contributed by atoms with Gasteiger partial charge in [0.05, 0.1) is 5.56 Å². The molecule has 3 heterocycles. The van der Waals surface area contributed by atoms with Gasteiger partial charge in [0.1, 0.15) is 11.4 Å². The van der Waals surface area contributed by atoms with Crippen LogP contribution in [0.25, 0.3) is 11.0 Å². The summed E-state index contributed by atoms with van der Waals surface area (Å²) in [6, 6.07) is 9.86. The molecule has 0 spiro atoms. The summed E-state index contributed by atoms with van der Waals surface area (Å²) in [5.41, 5.74) is 1.42. The molecule has 158 valence electrons. The second kappa shape index (κ2) is 8.10. The van der Waals surface area contributed by atoms with Crippen molar-refractivity contribution in [1.29, 1.82) is 0 Å². The quantitative estimate of drug-likeness (QED) is 0.597. The Balaban J connectivity index is 1.48. The third-order valence-electron chi connectivity index (χ3n) is 5.37. The molecule has 0 amide bonds. The number of aromatic nitrogens is 1. The van der Waals surface area contributed by atoms with Crippen molar-refractivity contribution in [2.24, 2.45) is 0 Å². The van der Waals surface area contributed by atoms with Crippen molar-refractivity contribution in [3.8, 4) is 0 Å². The summed E-state index contributed by atoms with van der Waals surface area (Å²) in [7, 11) is 0. The number of fused-ring (bicyclic) bond motifs is 1. The Kier molecular flexibility index (Phi) is 5.51. The van der Waals surface area contributed by atoms with Crippen LogP contribution in [0.1, 0.15) is 23.1 Å². The number of nitrogens with zero attached hydrogens (tertiary/aromatic N) is 3. The van der Waals surface area contributed by atoms with E-state index >= 15 is 0 Å². The largest absolute Gasteiger partial charge is 0.423 e. The van der Waals surface area contributed by atoms with Crippen molar-refractivity contribution >= 4 is 16.8 Å². The predicted octanol–water partition coefficient (Wildman–Crippen LogP) is 4.23. The van der Waals surface area contributed by atoms with E-state index in [4.69, 9.17) is 4.42 Å². The fourth-order valence-electron chi connectivity index (χ4n) is 3.81. The minimum atomic E-state index is -4.38. The summed E-state index contributed by atoms with van der Waals surface area (Å²) in [5.74, 6) is 0.547. The van der Waals surface area contributed by atoms with E-state index in [1.165, 1.54) is 12.1 Å². The highest BCUT2D eigenvalue weighted by Gasteiger charge is 2.31. The van der Waals surface area contributed by atoms with E-state index in [-0.39, 0.29) is 5.63 Å². The molecule has 0 radical (unpaired) electrons. The van der Waals surface area contributed by atoms with Gasteiger partial charge < -0.3 is 9.32 Å². The third kappa shape index (κ3) is 4.48. The molecule has 1 fully saturated rings. The first-order chi connectivity index (χ1) is 14.3. The molecular formula is C22H22F3N3O2. The van der Waals surface area contributed by atoms with E-state index in [2.05, 4.69) is 9.88 Å². The number of hydrogen-bond donors (Lipinski definition) is 0. The first kappa shape index (κ1) is 20.4. The Labute approximate surface area is 171 Å². The van der Waals surface area contributed by atoms with Gasteiger partial charge in [-0.2, -0.15) is 13.2 Å². The summed E-state index contributed by atoms with van der Waals surface area (Å²) in [5, 5.41) is 0.922. The maximum absolute atomic E-state index is 12.8. The van der Waals surface area contributed by atoms with Crippen LogP contribution in [0.5, 0.6) is 0 Å². The van der Waals surface area contributed by atoms with E-state index < -0.39 is 11.7 Å². The summed E-state index contributed by atoms with van der Waals surface area (Å²) in [4.78, 5) is 20.2. The van der Waals surface area contributed by atoms with Gasteiger partial charge in [-0.1, -0.05) is 12.1 Å². The molecule has 0 aliphatic carbocycles. The fraction of sp³-hybridized carbons (Fsp3) is 0.364. The highest BCUT2D eigenvalue weighted by atomic mass is 19.4. The molecule has 1 aliphatic rings. The van der Waals surface area contributed by atoms with E-state index in [0.29, 0.717) is 31.0 Å². The second-order valence-corrected chi connectivity index (χ2v) is 7.61. The molecule has 30 heavy (non-hydrogen) atoms. The van der Waals surface area contributed by atoms with Gasteiger partial charge in [0.2, 0.25) is 0 Å². The summed E-state index contributed by atoms with van der Waals surface area (Å²) >= 11 is 0. The number of aryl methyl sites for hydroxylation is 1. The number of halogens is 3. The number of hydrogen-bond acceptors (Lipinski definition) is 5. The summed E-state index contributed by atoms with van der Waals surface area (Å²) in [6.45, 7) is 5.47. The fourth-order valence-corrected chi connectivity index (χ4v) is 3.81. The Hall–Kier alpha value is -2.87. The number of benzene rings is 1. The first-order valence-corrected chi connectivity index (χ1v) is 9.83. The van der Waals surface area contributed by atoms with Crippen LogP contribution in [-0.4, -0.2) is 36.1 Å². The average Bonchev–Trinajstić information content (AvgIpc) is 2.92. The average molecular weight is 417 g/mol. The van der Waals surface area contributed by atoms with Crippen molar-refractivity contribution in [2.45, 2.75) is 26.1 Å². The van der Waals surface area contributed by atoms with Crippen molar-refractivity contribution in [3.05, 3.63) is 69.7 Å². The molecule has 0 saturated carbocycles. The molecule has 0 bridgehead atoms. The molecule has 1 saturated heterocycles. The molecule has 0 atom stereocenters. The number of rotatable bonds is 3. The van der Waals surface area contributed by atoms with Gasteiger partial charge in [-0.15, -0.1) is 0 Å². The van der Waals surface area contributed by atoms with Gasteiger partial charge in [0, 0.05) is 50.4 Å². The zero-order chi connectivity index (χ0) is 21.3. The Morgan fingerprint density at radius 3 is 2.63 bits per heavy atom. The maximum atomic E-state index is 12.8. The molecule has 0 N–H and O–H groups in total. The lowest BCUT2D eigenvalue weighted by atomic mass is 10.1. The molecule has 0 unspecified atom stereocenters. The van der Waals surface area contributed by atoms with Crippen LogP contribution in [-0.2, 0) is 12.7 Å². The second-order valence-electron chi connectivity index (χ2n) is 7.61. The van der Waals surface area contributed by atoms with E-state index in [1.807, 2.05) is 30.0 Å². The molecule has 1 aliphatic heterocycles. The van der Waals surface area contributed by atoms with Gasteiger partial charge in [-0.3, -0.25) is 4.90 Å². The van der Waals surface area contributed by atoms with Gasteiger partial charge in [0.15, 0.2) is 0 Å². The lowest BCUT2D eigenvalue weighted by Gasteiger charge is -2.23. The Morgan fingerprint density at radius 2 is 1.90 bits per heavy atom. The topological polar surface area (TPSA) is 49.6 Å². The Morgan fingerprint density at radius 1 is 1.07 bits per heavy atom. The minimum absolute atomic E-state index is 0.367. The van der Waals surface area contributed by atoms with Crippen LogP contribution in [0.2, 0.25) is 0 Å². The zero-order valence-electron chi connectivity index (χ0n) is 16.6. The number of anilines is 1. The van der Waals surface area contributed by atoms with Crippen molar-refractivity contribution in [1.82, 2.24) is 9.88 Å². The third-order valence-corrected chi connectivity index (χ3v) is 5.37. The smallest absolute Gasteiger partial charge is 0.417 e. The van der Waals surface area contributed by atoms with Gasteiger partial charge in [-0.05, 0) is 42.7 Å². The van der Waals surface area contributed by atoms with Gasteiger partial charge in [0.25, 0.3) is 0 Å². The summed E-state index contributed by atoms with van der Waals surface area (Å²) < 4.78 is 43.6. The highest BCUT2D eigenvalue weighted by molar-refractivity contribution is 5.80. The monoisotopic (exact) mass is 417 g/mol. The lowest BCUT2D eigenvalue weighted by molar-refractivity contribution is -0.137. The SMILES string of the molecule is Cc1ccc2c(CN3CCCN(c4ccc(C(F)(F)F)cn4)CC3)cc(=O)oc2c1. The van der Waals surface area contributed by atoms with Crippen LogP contribution < -0.4 is 10.5 Å². The van der Waals surface area contributed by atoms with Gasteiger partial charge in [-0.25, -0.2) is 9.78 Å². The first-order valence-electron chi connectivity index (χ1n) is 9.83. The number of alkyl halides is 3. The van der Waals surface area contributed by atoms with Crippen LogP contribution in [0.3, 0.4) is 0 Å². The Bertz CT molecular complexity index is 1090. The van der Waals surface area contributed by atoms with E-state index in [0.717, 1.165) is 48.3 Å². The van der Waals surface area contributed by atoms with Crippen molar-refractivity contribution in [2.75, 3.05) is 31.1 Å². The highest BCUT2D eigenvalue weighted by Crippen LogP contribution is 2.29. The summed E-state index contributed by atoms with van der Waals surface area (Å²) in [6.07, 6.45) is -2.65. The van der Waals surface area contributed by atoms with Crippen molar-refractivity contribution in [3.63, 3.8) is 0 Å². The molecule has 5 nitrogen and oxygen atoms in total. The molecule has 4 rings (SSSR count). The van der Waals surface area contributed by atoms with Crippen molar-refractivity contribution < 1.29 is 17.6 Å². The molecule has 1 aromatic carbocycles. The molecule has 3 aromatic rings. The minimum Gasteiger partial charge on any atom is -0.423 e. The number of pyridine rings is 1. The standard InChI is InChI=1S/C22H22F3N3O2/c1-15-3-5-18-16(12-21(29)30-19(18)11-15)14-27-7-2-8-28(10-9-27)20-6-4-17(13-26-20)22(23,24)25/h3-6,11-13H,2,7-10,14H2,1H3. The van der Waals surface area contributed by atoms with Crippen LogP contribution in [0.15, 0.2) is 51.8 Å². The lowest BCUT2D eigenvalue weighted by Crippen LogP contribution is -2.31. The van der Waals surface area contributed by atoms with Crippen LogP contribution in [0.4, 0.5) is 19.0 Å². The normalized spacial score (nSPS) is 16.1.